The van der Waals surface area contributed by atoms with Crippen LogP contribution in [0.1, 0.15) is 67.8 Å². The first kappa shape index (κ1) is 13.3. The summed E-state index contributed by atoms with van der Waals surface area (Å²) in [7, 11) is 0. The van der Waals surface area contributed by atoms with E-state index in [2.05, 4.69) is 6.07 Å². The third-order valence-corrected chi connectivity index (χ3v) is 4.46. The minimum Gasteiger partial charge on any atom is -0.319 e. The van der Waals surface area contributed by atoms with Crippen LogP contribution in [0.2, 0.25) is 0 Å². The number of nitrogens with two attached hydrogens (primary N) is 1. The molecule has 1 aromatic rings. The van der Waals surface area contributed by atoms with Crippen LogP contribution in [0.3, 0.4) is 0 Å². The first-order valence-electron chi connectivity index (χ1n) is 7.05. The monoisotopic (exact) mass is 245 g/mol. The van der Waals surface area contributed by atoms with Crippen LogP contribution < -0.4 is 5.73 Å². The van der Waals surface area contributed by atoms with Crippen LogP contribution in [-0.4, -0.2) is 11.3 Å². The number of Topliss-reactive ketones (excluding diaryl/α,β-unsaturated/α-hetero) is 1. The standard InChI is InChI=1S/C16H23NO/c1-3-16(17,4-2)15(18)14-11-6-5-10-13(14)12-8-7-9-12/h5-6,10-12H,3-4,7-9,17H2,1-2H3. The first-order valence-corrected chi connectivity index (χ1v) is 7.05. The average molecular weight is 245 g/mol. The molecule has 0 radical (unpaired) electrons. The number of benzene rings is 1. The second-order valence-electron chi connectivity index (χ2n) is 5.41. The summed E-state index contributed by atoms with van der Waals surface area (Å²) in [4.78, 5) is 12.7. The van der Waals surface area contributed by atoms with E-state index in [1.165, 1.54) is 24.8 Å². The molecule has 1 saturated carbocycles. The highest BCUT2D eigenvalue weighted by atomic mass is 16.1. The van der Waals surface area contributed by atoms with E-state index in [0.717, 1.165) is 5.56 Å². The molecule has 0 amide bonds. The third-order valence-electron chi connectivity index (χ3n) is 4.46. The van der Waals surface area contributed by atoms with Gasteiger partial charge in [0.05, 0.1) is 5.54 Å². The summed E-state index contributed by atoms with van der Waals surface area (Å²) in [6, 6.07) is 8.02. The van der Waals surface area contributed by atoms with Crippen LogP contribution >= 0.6 is 0 Å². The second kappa shape index (κ2) is 5.23. The summed E-state index contributed by atoms with van der Waals surface area (Å²) in [6.45, 7) is 3.99. The van der Waals surface area contributed by atoms with Crippen molar-refractivity contribution in [3.8, 4) is 0 Å². The van der Waals surface area contributed by atoms with Gasteiger partial charge in [0.25, 0.3) is 0 Å². The van der Waals surface area contributed by atoms with Crippen molar-refractivity contribution < 1.29 is 4.79 Å². The predicted octanol–water partition coefficient (Wildman–Crippen LogP) is 3.65. The number of hydrogen-bond donors (Lipinski definition) is 1. The van der Waals surface area contributed by atoms with Crippen molar-refractivity contribution in [2.75, 3.05) is 0 Å². The van der Waals surface area contributed by atoms with Gasteiger partial charge >= 0.3 is 0 Å². The van der Waals surface area contributed by atoms with E-state index < -0.39 is 5.54 Å². The van der Waals surface area contributed by atoms with Gasteiger partial charge in [-0.05, 0) is 37.2 Å². The molecule has 0 spiro atoms. The van der Waals surface area contributed by atoms with E-state index in [9.17, 15) is 4.79 Å². The van der Waals surface area contributed by atoms with E-state index >= 15 is 0 Å². The van der Waals surface area contributed by atoms with Gasteiger partial charge in [-0.2, -0.15) is 0 Å². The van der Waals surface area contributed by atoms with Crippen molar-refractivity contribution in [2.45, 2.75) is 57.4 Å². The number of ketones is 1. The molecule has 1 aromatic carbocycles. The zero-order chi connectivity index (χ0) is 13.2. The molecule has 0 heterocycles. The van der Waals surface area contributed by atoms with Crippen LogP contribution in [0, 0.1) is 0 Å². The van der Waals surface area contributed by atoms with Gasteiger partial charge in [0.2, 0.25) is 0 Å². The van der Waals surface area contributed by atoms with Gasteiger partial charge in [-0.15, -0.1) is 0 Å². The van der Waals surface area contributed by atoms with Gasteiger partial charge in [0, 0.05) is 5.56 Å². The zero-order valence-corrected chi connectivity index (χ0v) is 11.4. The topological polar surface area (TPSA) is 43.1 Å². The molecule has 2 rings (SSSR count). The first-order chi connectivity index (χ1) is 8.62. The lowest BCUT2D eigenvalue weighted by atomic mass is 9.75. The van der Waals surface area contributed by atoms with Crippen molar-refractivity contribution in [2.24, 2.45) is 5.73 Å². The van der Waals surface area contributed by atoms with Crippen molar-refractivity contribution in [1.82, 2.24) is 0 Å². The lowest BCUT2D eigenvalue weighted by Gasteiger charge is -2.31. The van der Waals surface area contributed by atoms with Crippen molar-refractivity contribution in [1.29, 1.82) is 0 Å². The highest BCUT2D eigenvalue weighted by Crippen LogP contribution is 2.38. The molecular formula is C16H23NO. The van der Waals surface area contributed by atoms with Crippen LogP contribution in [0.5, 0.6) is 0 Å². The number of carbonyl (C=O) groups is 1. The normalized spacial score (nSPS) is 16.4. The molecule has 0 unspecified atom stereocenters. The smallest absolute Gasteiger partial charge is 0.182 e. The van der Waals surface area contributed by atoms with Gasteiger partial charge in [0.15, 0.2) is 5.78 Å². The molecule has 0 aliphatic heterocycles. The average Bonchev–Trinajstić information content (AvgIpc) is 2.36. The molecular weight excluding hydrogens is 222 g/mol. The summed E-state index contributed by atoms with van der Waals surface area (Å²) < 4.78 is 0. The molecule has 0 aromatic heterocycles. The maximum atomic E-state index is 12.7. The molecule has 0 saturated heterocycles. The summed E-state index contributed by atoms with van der Waals surface area (Å²) in [6.07, 6.45) is 5.09. The summed E-state index contributed by atoms with van der Waals surface area (Å²) in [5.41, 5.74) is 7.62. The van der Waals surface area contributed by atoms with Crippen molar-refractivity contribution >= 4 is 5.78 Å². The molecule has 98 valence electrons. The van der Waals surface area contributed by atoms with Gasteiger partial charge in [-0.3, -0.25) is 4.79 Å². The number of rotatable bonds is 5. The van der Waals surface area contributed by atoms with Crippen LogP contribution in [0.25, 0.3) is 0 Å². The largest absolute Gasteiger partial charge is 0.319 e. The maximum absolute atomic E-state index is 12.7. The Labute approximate surface area is 110 Å². The maximum Gasteiger partial charge on any atom is 0.182 e. The van der Waals surface area contributed by atoms with Crippen LogP contribution in [0.15, 0.2) is 24.3 Å². The van der Waals surface area contributed by atoms with Crippen LogP contribution in [0.4, 0.5) is 0 Å². The molecule has 0 bridgehead atoms. The third kappa shape index (κ3) is 2.22. The quantitative estimate of drug-likeness (QED) is 0.804. The molecule has 2 N–H and O–H groups in total. The predicted molar refractivity (Wildman–Crippen MR) is 74.9 cm³/mol. The number of carbonyl (C=O) groups excluding carboxylic acids is 1. The van der Waals surface area contributed by atoms with Gasteiger partial charge in [0.1, 0.15) is 0 Å². The minimum absolute atomic E-state index is 0.120. The Morgan fingerprint density at radius 2 is 1.89 bits per heavy atom. The Morgan fingerprint density at radius 1 is 1.28 bits per heavy atom. The van der Waals surface area contributed by atoms with Crippen molar-refractivity contribution in [3.05, 3.63) is 35.4 Å². The van der Waals surface area contributed by atoms with E-state index in [-0.39, 0.29) is 5.78 Å². The summed E-state index contributed by atoms with van der Waals surface area (Å²) in [5.74, 6) is 0.693. The fourth-order valence-corrected chi connectivity index (χ4v) is 2.62. The van der Waals surface area contributed by atoms with Gasteiger partial charge in [-0.1, -0.05) is 44.5 Å². The van der Waals surface area contributed by atoms with E-state index in [1.807, 2.05) is 32.0 Å². The fourth-order valence-electron chi connectivity index (χ4n) is 2.62. The van der Waals surface area contributed by atoms with Crippen LogP contribution in [-0.2, 0) is 0 Å². The van der Waals surface area contributed by atoms with Gasteiger partial charge < -0.3 is 5.73 Å². The highest BCUT2D eigenvalue weighted by Gasteiger charge is 2.33. The fraction of sp³-hybridized carbons (Fsp3) is 0.562. The minimum atomic E-state index is -0.695. The van der Waals surface area contributed by atoms with E-state index in [0.29, 0.717) is 18.8 Å². The molecule has 0 atom stereocenters. The summed E-state index contributed by atoms with van der Waals surface area (Å²) in [5, 5.41) is 0. The molecule has 1 fully saturated rings. The Balaban J connectivity index is 2.35. The molecule has 2 heteroatoms. The Morgan fingerprint density at radius 3 is 2.39 bits per heavy atom. The molecule has 1 aliphatic rings. The zero-order valence-electron chi connectivity index (χ0n) is 11.4. The lowest BCUT2D eigenvalue weighted by Crippen LogP contribution is -2.47. The Bertz CT molecular complexity index is 430. The Hall–Kier alpha value is -1.15. The molecule has 1 aliphatic carbocycles. The summed E-state index contributed by atoms with van der Waals surface area (Å²) >= 11 is 0. The Kier molecular flexibility index (Phi) is 3.86. The number of hydrogen-bond acceptors (Lipinski definition) is 2. The molecule has 2 nitrogen and oxygen atoms in total. The second-order valence-corrected chi connectivity index (χ2v) is 5.41. The highest BCUT2D eigenvalue weighted by molar-refractivity contribution is 6.04. The molecule has 18 heavy (non-hydrogen) atoms. The SMILES string of the molecule is CCC(N)(CC)C(=O)c1ccccc1C1CCC1. The van der Waals surface area contributed by atoms with Crippen molar-refractivity contribution in [3.63, 3.8) is 0 Å². The van der Waals surface area contributed by atoms with E-state index in [4.69, 9.17) is 5.73 Å². The van der Waals surface area contributed by atoms with E-state index in [1.54, 1.807) is 0 Å². The lowest BCUT2D eigenvalue weighted by molar-refractivity contribution is 0.0877. The van der Waals surface area contributed by atoms with Gasteiger partial charge in [-0.25, -0.2) is 0 Å².